The normalized spacial score (nSPS) is 18.2. The Hall–Kier alpha value is -2.95. The van der Waals surface area contributed by atoms with Crippen LogP contribution in [-0.4, -0.2) is 33.7 Å². The second-order valence-electron chi connectivity index (χ2n) is 8.96. The number of amides is 1. The zero-order valence-electron chi connectivity index (χ0n) is 18.9. The number of carbonyl (C=O) groups excluding carboxylic acids is 1. The minimum atomic E-state index is -0.234. The van der Waals surface area contributed by atoms with Gasteiger partial charge in [0, 0.05) is 34.7 Å². The van der Waals surface area contributed by atoms with Crippen molar-refractivity contribution in [2.24, 2.45) is 0 Å². The fraction of sp³-hybridized carbons (Fsp3) is 0.400. The van der Waals surface area contributed by atoms with E-state index in [2.05, 4.69) is 17.5 Å². The first-order valence-electron chi connectivity index (χ1n) is 10.8. The van der Waals surface area contributed by atoms with Crippen molar-refractivity contribution in [3.05, 3.63) is 57.0 Å². The van der Waals surface area contributed by atoms with Gasteiger partial charge >= 0.3 is 0 Å². The maximum absolute atomic E-state index is 12.7. The molecule has 3 aromatic rings. The van der Waals surface area contributed by atoms with E-state index >= 15 is 0 Å². The summed E-state index contributed by atoms with van der Waals surface area (Å²) >= 11 is 1.66. The Morgan fingerprint density at radius 3 is 2.97 bits per heavy atom. The Bertz CT molecular complexity index is 1220. The lowest BCUT2D eigenvalue weighted by molar-refractivity contribution is -0.119. The summed E-state index contributed by atoms with van der Waals surface area (Å²) in [5.41, 5.74) is 3.72. The number of nitrogens with one attached hydrogen (secondary N) is 1. The Morgan fingerprint density at radius 2 is 2.28 bits per heavy atom. The van der Waals surface area contributed by atoms with Gasteiger partial charge in [0.1, 0.15) is 11.7 Å². The molecule has 7 heteroatoms. The van der Waals surface area contributed by atoms with Crippen LogP contribution in [-0.2, 0) is 16.1 Å². The van der Waals surface area contributed by atoms with E-state index in [-0.39, 0.29) is 17.6 Å². The van der Waals surface area contributed by atoms with Gasteiger partial charge in [-0.25, -0.2) is 4.98 Å². The highest BCUT2D eigenvalue weighted by Crippen LogP contribution is 2.30. The van der Waals surface area contributed by atoms with E-state index in [4.69, 9.17) is 9.72 Å². The topological polar surface area (TPSA) is 79.9 Å². The molecule has 0 spiro atoms. The number of hydrogen-bond acceptors (Lipinski definition) is 5. The number of hydrogen-bond donors (Lipinski definition) is 1. The highest BCUT2D eigenvalue weighted by atomic mass is 32.1. The van der Waals surface area contributed by atoms with E-state index in [1.807, 2.05) is 49.8 Å². The molecule has 1 unspecified atom stereocenters. The standard InChI is InChI=1S/C25H28N4O2S/c1-16-12-17(2)27-24-23(16)20(14-26)21(29(24)15-19-6-5-11-32-19)7-8-22(30)28-18-9-10-31-25(3,4)13-18/h5-8,11-12,18H,9-10,13,15H2,1-4H3,(H,28,30)/b8-7+. The highest BCUT2D eigenvalue weighted by molar-refractivity contribution is 7.09. The number of thiophene rings is 1. The Kier molecular flexibility index (Phi) is 6.18. The zero-order chi connectivity index (χ0) is 22.9. The molecule has 0 saturated carbocycles. The summed E-state index contributed by atoms with van der Waals surface area (Å²) in [7, 11) is 0. The number of fused-ring (bicyclic) bond motifs is 1. The van der Waals surface area contributed by atoms with Crippen LogP contribution in [0.25, 0.3) is 17.1 Å². The molecule has 0 bridgehead atoms. The molecule has 1 atom stereocenters. The summed E-state index contributed by atoms with van der Waals surface area (Å²) in [5.74, 6) is -0.162. The molecule has 1 fully saturated rings. The van der Waals surface area contributed by atoms with Crippen LogP contribution < -0.4 is 5.32 Å². The Morgan fingerprint density at radius 1 is 1.47 bits per heavy atom. The number of pyridine rings is 1. The first kappa shape index (κ1) is 22.3. The van der Waals surface area contributed by atoms with Gasteiger partial charge < -0.3 is 14.6 Å². The van der Waals surface area contributed by atoms with Gasteiger partial charge in [0.2, 0.25) is 5.91 Å². The van der Waals surface area contributed by atoms with Crippen molar-refractivity contribution in [1.29, 1.82) is 5.26 Å². The van der Waals surface area contributed by atoms with Crippen LogP contribution in [0, 0.1) is 25.2 Å². The number of nitriles is 1. The quantitative estimate of drug-likeness (QED) is 0.573. The summed E-state index contributed by atoms with van der Waals surface area (Å²) in [4.78, 5) is 18.6. The molecule has 3 aromatic heterocycles. The molecule has 0 aliphatic carbocycles. The molecule has 1 aliphatic rings. The summed E-state index contributed by atoms with van der Waals surface area (Å²) in [6.07, 6.45) is 4.86. The third-order valence-electron chi connectivity index (χ3n) is 5.82. The van der Waals surface area contributed by atoms with E-state index < -0.39 is 0 Å². The molecule has 4 heterocycles. The maximum Gasteiger partial charge on any atom is 0.244 e. The molecule has 6 nitrogen and oxygen atoms in total. The minimum Gasteiger partial charge on any atom is -0.375 e. The van der Waals surface area contributed by atoms with Crippen LogP contribution in [0.2, 0.25) is 0 Å². The maximum atomic E-state index is 12.7. The first-order valence-corrected chi connectivity index (χ1v) is 11.7. The average molecular weight is 449 g/mol. The summed E-state index contributed by atoms with van der Waals surface area (Å²) in [5, 5.41) is 16.0. The highest BCUT2D eigenvalue weighted by Gasteiger charge is 2.29. The van der Waals surface area contributed by atoms with E-state index in [1.165, 1.54) is 6.08 Å². The van der Waals surface area contributed by atoms with Gasteiger partial charge in [-0.05, 0) is 69.7 Å². The van der Waals surface area contributed by atoms with Crippen molar-refractivity contribution < 1.29 is 9.53 Å². The van der Waals surface area contributed by atoms with Crippen molar-refractivity contribution >= 4 is 34.4 Å². The van der Waals surface area contributed by atoms with Crippen LogP contribution in [0.3, 0.4) is 0 Å². The number of carbonyl (C=O) groups is 1. The lowest BCUT2D eigenvalue weighted by Gasteiger charge is -2.35. The second kappa shape index (κ2) is 8.89. The van der Waals surface area contributed by atoms with Gasteiger partial charge in [-0.15, -0.1) is 11.3 Å². The Labute approximate surface area is 192 Å². The lowest BCUT2D eigenvalue weighted by Crippen LogP contribution is -2.45. The lowest BCUT2D eigenvalue weighted by atomic mass is 9.94. The number of rotatable bonds is 5. The van der Waals surface area contributed by atoms with Crippen LogP contribution in [0.15, 0.2) is 29.7 Å². The SMILES string of the molecule is Cc1cc(C)c2c(C#N)c(/C=C/C(=O)NC3CCOC(C)(C)C3)n(Cc3cccs3)c2n1. The molecule has 4 rings (SSSR count). The predicted octanol–water partition coefficient (Wildman–Crippen LogP) is 4.72. The van der Waals surface area contributed by atoms with Gasteiger partial charge in [0.05, 0.1) is 23.4 Å². The molecule has 1 amide bonds. The van der Waals surface area contributed by atoms with Crippen molar-refractivity contribution in [2.45, 2.75) is 58.7 Å². The fourth-order valence-electron chi connectivity index (χ4n) is 4.46. The Balaban J connectivity index is 1.70. The van der Waals surface area contributed by atoms with Crippen molar-refractivity contribution in [1.82, 2.24) is 14.9 Å². The van der Waals surface area contributed by atoms with Crippen molar-refractivity contribution in [3.63, 3.8) is 0 Å². The van der Waals surface area contributed by atoms with Crippen molar-refractivity contribution in [2.75, 3.05) is 6.61 Å². The second-order valence-corrected chi connectivity index (χ2v) is 9.99. The average Bonchev–Trinajstić information content (AvgIpc) is 3.32. The molecule has 1 N–H and O–H groups in total. The third-order valence-corrected chi connectivity index (χ3v) is 6.68. The molecule has 1 aliphatic heterocycles. The molecule has 32 heavy (non-hydrogen) atoms. The van der Waals surface area contributed by atoms with Gasteiger partial charge in [-0.3, -0.25) is 4.79 Å². The van der Waals surface area contributed by atoms with E-state index in [0.717, 1.165) is 40.0 Å². The number of aromatic nitrogens is 2. The minimum absolute atomic E-state index is 0.0786. The number of aryl methyl sites for hydroxylation is 2. The predicted molar refractivity (Wildman–Crippen MR) is 128 cm³/mol. The largest absolute Gasteiger partial charge is 0.375 e. The number of nitrogens with zero attached hydrogens (tertiary/aromatic N) is 3. The first-order chi connectivity index (χ1) is 15.3. The van der Waals surface area contributed by atoms with Gasteiger partial charge in [-0.1, -0.05) is 6.07 Å². The van der Waals surface area contributed by atoms with Gasteiger partial charge in [-0.2, -0.15) is 5.26 Å². The molecule has 0 radical (unpaired) electrons. The van der Waals surface area contributed by atoms with Crippen LogP contribution in [0.4, 0.5) is 0 Å². The molecule has 166 valence electrons. The van der Waals surface area contributed by atoms with Gasteiger partial charge in [0.15, 0.2) is 0 Å². The van der Waals surface area contributed by atoms with Crippen LogP contribution in [0.5, 0.6) is 0 Å². The molecule has 0 aromatic carbocycles. The van der Waals surface area contributed by atoms with E-state index in [0.29, 0.717) is 24.4 Å². The molecular formula is C25H28N4O2S. The van der Waals surface area contributed by atoms with Crippen LogP contribution >= 0.6 is 11.3 Å². The zero-order valence-corrected chi connectivity index (χ0v) is 19.8. The molecular weight excluding hydrogens is 420 g/mol. The third kappa shape index (κ3) is 4.62. The summed E-state index contributed by atoms with van der Waals surface area (Å²) in [6.45, 7) is 9.28. The van der Waals surface area contributed by atoms with E-state index in [9.17, 15) is 10.1 Å². The number of ether oxygens (including phenoxy) is 1. The molecule has 1 saturated heterocycles. The van der Waals surface area contributed by atoms with Gasteiger partial charge in [0.25, 0.3) is 0 Å². The van der Waals surface area contributed by atoms with Crippen LogP contribution in [0.1, 0.15) is 54.1 Å². The smallest absolute Gasteiger partial charge is 0.244 e. The van der Waals surface area contributed by atoms with Crippen molar-refractivity contribution in [3.8, 4) is 6.07 Å². The summed E-state index contributed by atoms with van der Waals surface area (Å²) in [6, 6.07) is 8.51. The fourth-order valence-corrected chi connectivity index (χ4v) is 5.16. The summed E-state index contributed by atoms with van der Waals surface area (Å²) < 4.78 is 7.78. The monoisotopic (exact) mass is 448 g/mol. The van der Waals surface area contributed by atoms with E-state index in [1.54, 1.807) is 17.4 Å².